The molecule has 1 aliphatic rings. The Morgan fingerprint density at radius 2 is 2.12 bits per heavy atom. The lowest BCUT2D eigenvalue weighted by molar-refractivity contribution is 0.238. The van der Waals surface area contributed by atoms with E-state index in [1.165, 1.54) is 0 Å². The molecule has 1 saturated heterocycles. The summed E-state index contributed by atoms with van der Waals surface area (Å²) in [5, 5.41) is 4.39. The molecule has 0 N–H and O–H groups in total. The van der Waals surface area contributed by atoms with Crippen molar-refractivity contribution in [2.75, 3.05) is 13.1 Å². The van der Waals surface area contributed by atoms with Gasteiger partial charge in [-0.3, -0.25) is 0 Å². The second-order valence-electron chi connectivity index (χ2n) is 6.28. The van der Waals surface area contributed by atoms with Gasteiger partial charge < -0.3 is 0 Å². The molecule has 1 fully saturated rings. The smallest absolute Gasteiger partial charge is 0.250 e. The summed E-state index contributed by atoms with van der Waals surface area (Å²) in [6.45, 7) is 7.38. The fraction of sp³-hybridized carbons (Fsp3) is 0.600. The average Bonchev–Trinajstić information content (AvgIpc) is 3.02. The maximum atomic E-state index is 12.9. The van der Waals surface area contributed by atoms with Crippen molar-refractivity contribution in [2.24, 2.45) is 5.92 Å². The van der Waals surface area contributed by atoms with E-state index >= 15 is 0 Å². The van der Waals surface area contributed by atoms with E-state index in [2.05, 4.69) is 10.1 Å². The largest absolute Gasteiger partial charge is 0.252 e. The van der Waals surface area contributed by atoms with Crippen molar-refractivity contribution in [2.45, 2.75) is 44.4 Å². The van der Waals surface area contributed by atoms with Crippen LogP contribution in [-0.2, 0) is 16.6 Å². The lowest BCUT2D eigenvalue weighted by Gasteiger charge is -2.31. The van der Waals surface area contributed by atoms with Crippen LogP contribution in [0.4, 0.5) is 0 Å². The van der Waals surface area contributed by atoms with Crippen molar-refractivity contribution in [3.05, 3.63) is 27.6 Å². The van der Waals surface area contributed by atoms with Crippen LogP contribution in [0.1, 0.15) is 30.1 Å². The van der Waals surface area contributed by atoms with Crippen molar-refractivity contribution in [3.8, 4) is 0 Å². The molecule has 2 aromatic heterocycles. The summed E-state index contributed by atoms with van der Waals surface area (Å²) < 4.78 is 30.1. The van der Waals surface area contributed by atoms with Crippen LogP contribution >= 0.6 is 22.9 Å². The summed E-state index contributed by atoms with van der Waals surface area (Å²) in [6.07, 6.45) is 1.85. The summed E-state index contributed by atoms with van der Waals surface area (Å²) in [4.78, 5) is 4.31. The number of halogens is 1. The minimum Gasteiger partial charge on any atom is -0.250 e. The Bertz CT molecular complexity index is 824. The number of thiophene rings is 1. The minimum atomic E-state index is -3.47. The zero-order valence-corrected chi connectivity index (χ0v) is 16.4. The lowest BCUT2D eigenvalue weighted by Crippen LogP contribution is -2.41. The normalized spacial score (nSPS) is 19.8. The number of sulfonamides is 1. The highest BCUT2D eigenvalue weighted by Crippen LogP contribution is 2.33. The van der Waals surface area contributed by atoms with Gasteiger partial charge in [-0.1, -0.05) is 11.6 Å². The van der Waals surface area contributed by atoms with Crippen LogP contribution in [0.25, 0.3) is 0 Å². The van der Waals surface area contributed by atoms with Crippen molar-refractivity contribution in [1.82, 2.24) is 19.1 Å². The van der Waals surface area contributed by atoms with Gasteiger partial charge in [0, 0.05) is 19.6 Å². The quantitative estimate of drug-likeness (QED) is 0.807. The molecule has 0 amide bonds. The molecule has 132 valence electrons. The predicted octanol–water partition coefficient (Wildman–Crippen LogP) is 3.02. The number of aryl methyl sites for hydroxylation is 3. The van der Waals surface area contributed by atoms with Gasteiger partial charge >= 0.3 is 0 Å². The molecular formula is C15H21ClN4O2S2. The van der Waals surface area contributed by atoms with E-state index in [1.54, 1.807) is 10.4 Å². The van der Waals surface area contributed by atoms with Gasteiger partial charge in [0.1, 0.15) is 15.9 Å². The molecule has 0 aliphatic carbocycles. The van der Waals surface area contributed by atoms with E-state index < -0.39 is 10.0 Å². The van der Waals surface area contributed by atoms with E-state index in [-0.39, 0.29) is 5.92 Å². The average molecular weight is 389 g/mol. The van der Waals surface area contributed by atoms with Gasteiger partial charge in [-0.2, -0.15) is 9.40 Å². The predicted molar refractivity (Wildman–Crippen MR) is 95.0 cm³/mol. The fourth-order valence-electron chi connectivity index (χ4n) is 3.06. The van der Waals surface area contributed by atoms with Gasteiger partial charge in [-0.05, 0) is 51.2 Å². The molecule has 1 atom stereocenters. The molecule has 9 heteroatoms. The highest BCUT2D eigenvalue weighted by molar-refractivity contribution is 7.91. The summed E-state index contributed by atoms with van der Waals surface area (Å²) in [5.41, 5.74) is 0.808. The third-order valence-electron chi connectivity index (χ3n) is 4.30. The first-order chi connectivity index (χ1) is 11.3. The maximum Gasteiger partial charge on any atom is 0.252 e. The lowest BCUT2D eigenvalue weighted by atomic mass is 10.00. The SMILES string of the molecule is Cc1nc(C)n(CC2CCCN(S(=O)(=O)c3cc(C)c(Cl)s3)C2)n1. The zero-order chi connectivity index (χ0) is 17.5. The number of nitrogens with zero attached hydrogens (tertiary/aromatic N) is 4. The first kappa shape index (κ1) is 17.8. The van der Waals surface area contributed by atoms with Crippen molar-refractivity contribution >= 4 is 33.0 Å². The van der Waals surface area contributed by atoms with Crippen LogP contribution in [-0.4, -0.2) is 40.6 Å². The standard InChI is InChI=1S/C15H21ClN4O2S2/c1-10-7-14(23-15(10)16)24(21,22)19-6-4-5-13(8-19)9-20-12(3)17-11(2)18-20/h7,13H,4-6,8-9H2,1-3H3. The van der Waals surface area contributed by atoms with Crippen molar-refractivity contribution < 1.29 is 8.42 Å². The number of rotatable bonds is 4. The minimum absolute atomic E-state index is 0.241. The second-order valence-corrected chi connectivity index (χ2v) is 10.1. The molecule has 2 aromatic rings. The van der Waals surface area contributed by atoms with Gasteiger partial charge in [-0.25, -0.2) is 18.1 Å². The van der Waals surface area contributed by atoms with Crippen molar-refractivity contribution in [3.63, 3.8) is 0 Å². The van der Waals surface area contributed by atoms with E-state index in [4.69, 9.17) is 11.6 Å². The molecule has 0 bridgehead atoms. The number of hydrogen-bond donors (Lipinski definition) is 0. The van der Waals surface area contributed by atoms with E-state index in [9.17, 15) is 8.42 Å². The van der Waals surface area contributed by atoms with Gasteiger partial charge in [0.05, 0.1) is 4.34 Å². The number of piperidine rings is 1. The molecule has 0 radical (unpaired) electrons. The molecule has 0 spiro atoms. The Hall–Kier alpha value is -0.960. The zero-order valence-electron chi connectivity index (χ0n) is 14.0. The Labute approximate surface area is 151 Å². The molecule has 24 heavy (non-hydrogen) atoms. The monoisotopic (exact) mass is 388 g/mol. The molecule has 0 aromatic carbocycles. The summed E-state index contributed by atoms with van der Waals surface area (Å²) in [5.74, 6) is 1.86. The van der Waals surface area contributed by atoms with Gasteiger partial charge in [0.2, 0.25) is 0 Å². The van der Waals surface area contributed by atoms with Crippen LogP contribution in [0.5, 0.6) is 0 Å². The third-order valence-corrected chi connectivity index (χ3v) is 8.17. The van der Waals surface area contributed by atoms with E-state index in [0.29, 0.717) is 28.2 Å². The fourth-order valence-corrected chi connectivity index (χ4v) is 6.48. The van der Waals surface area contributed by atoms with Crippen LogP contribution in [0.2, 0.25) is 4.34 Å². The molecule has 1 aliphatic heterocycles. The topological polar surface area (TPSA) is 68.1 Å². The van der Waals surface area contributed by atoms with Crippen molar-refractivity contribution in [1.29, 1.82) is 0 Å². The van der Waals surface area contributed by atoms with Gasteiger partial charge in [0.15, 0.2) is 0 Å². The summed E-state index contributed by atoms with van der Waals surface area (Å²) >= 11 is 7.18. The first-order valence-electron chi connectivity index (χ1n) is 7.91. The molecule has 6 nitrogen and oxygen atoms in total. The second kappa shape index (κ2) is 6.74. The van der Waals surface area contributed by atoms with Crippen LogP contribution in [0, 0.1) is 26.7 Å². The van der Waals surface area contributed by atoms with Gasteiger partial charge in [-0.15, -0.1) is 11.3 Å². The first-order valence-corrected chi connectivity index (χ1v) is 10.5. The molecule has 3 rings (SSSR count). The molecule has 3 heterocycles. The molecule has 1 unspecified atom stereocenters. The van der Waals surface area contributed by atoms with Crippen LogP contribution < -0.4 is 0 Å². The number of hydrogen-bond acceptors (Lipinski definition) is 5. The van der Waals surface area contributed by atoms with E-state index in [1.807, 2.05) is 25.5 Å². The van der Waals surface area contributed by atoms with Gasteiger partial charge in [0.25, 0.3) is 10.0 Å². The summed E-state index contributed by atoms with van der Waals surface area (Å²) in [7, 11) is -3.47. The van der Waals surface area contributed by atoms with Crippen LogP contribution in [0.15, 0.2) is 10.3 Å². The van der Waals surface area contributed by atoms with Crippen LogP contribution in [0.3, 0.4) is 0 Å². The Morgan fingerprint density at radius 1 is 1.38 bits per heavy atom. The highest BCUT2D eigenvalue weighted by Gasteiger charge is 2.32. The Morgan fingerprint density at radius 3 is 2.71 bits per heavy atom. The summed E-state index contributed by atoms with van der Waals surface area (Å²) in [6, 6.07) is 1.66. The third kappa shape index (κ3) is 3.51. The molecular weight excluding hydrogens is 368 g/mol. The highest BCUT2D eigenvalue weighted by atomic mass is 35.5. The Kier molecular flexibility index (Phi) is 5.01. The number of aromatic nitrogens is 3. The Balaban J connectivity index is 1.76. The maximum absolute atomic E-state index is 12.9. The van der Waals surface area contributed by atoms with E-state index in [0.717, 1.165) is 41.4 Å². The molecule has 0 saturated carbocycles.